The second-order valence-corrected chi connectivity index (χ2v) is 19.9. The van der Waals surface area contributed by atoms with Crippen molar-refractivity contribution < 1.29 is 26.4 Å². The number of sulfonamides is 2. The van der Waals surface area contributed by atoms with E-state index in [-0.39, 0.29) is 34.9 Å². The molecule has 46 heavy (non-hydrogen) atoms. The molecule has 0 heterocycles. The molecule has 0 spiro atoms. The van der Waals surface area contributed by atoms with Crippen LogP contribution in [0.2, 0.25) is 0 Å². The third-order valence-corrected chi connectivity index (χ3v) is 17.2. The van der Waals surface area contributed by atoms with Gasteiger partial charge in [-0.2, -0.15) is 0 Å². The minimum atomic E-state index is -4.05. The smallest absolute Gasteiger partial charge is 0.212 e. The van der Waals surface area contributed by atoms with E-state index in [4.69, 9.17) is 0 Å². The van der Waals surface area contributed by atoms with Gasteiger partial charge in [0.15, 0.2) is 0 Å². The van der Waals surface area contributed by atoms with Crippen LogP contribution in [0, 0.1) is 33.5 Å². The van der Waals surface area contributed by atoms with Gasteiger partial charge >= 0.3 is 0 Å². The van der Waals surface area contributed by atoms with E-state index < -0.39 is 65.6 Å². The number of nitrogens with one attached hydrogen (secondary N) is 2. The lowest BCUT2D eigenvalue weighted by molar-refractivity contribution is -0.128. The predicted octanol–water partition coefficient (Wildman–Crippen LogP) is 4.64. The van der Waals surface area contributed by atoms with Crippen molar-refractivity contribution in [1.82, 2.24) is 9.44 Å². The Hall–Kier alpha value is -2.40. The molecule has 0 aliphatic heterocycles. The Labute approximate surface area is 272 Å². The summed E-state index contributed by atoms with van der Waals surface area (Å²) in [6.07, 6.45) is 3.60. The summed E-state index contributed by atoms with van der Waals surface area (Å²) < 4.78 is 63.3. The van der Waals surface area contributed by atoms with Gasteiger partial charge in [-0.15, -0.1) is 0 Å². The summed E-state index contributed by atoms with van der Waals surface area (Å²) in [7, 11) is -8.10. The molecule has 4 fully saturated rings. The fourth-order valence-corrected chi connectivity index (χ4v) is 15.5. The van der Waals surface area contributed by atoms with E-state index in [1.807, 2.05) is 76.2 Å². The van der Waals surface area contributed by atoms with Crippen LogP contribution in [0.1, 0.15) is 100 Å². The molecular weight excluding hydrogens is 621 g/mol. The van der Waals surface area contributed by atoms with Crippen molar-refractivity contribution in [1.29, 1.82) is 0 Å². The highest BCUT2D eigenvalue weighted by Gasteiger charge is 2.67. The minimum absolute atomic E-state index is 0.0233. The molecule has 4 saturated carbocycles. The number of fused-ring (bicyclic) bond motifs is 5. The summed E-state index contributed by atoms with van der Waals surface area (Å²) in [4.78, 5) is 26.7. The van der Waals surface area contributed by atoms with Crippen molar-refractivity contribution >= 4 is 31.6 Å². The van der Waals surface area contributed by atoms with Crippen LogP contribution in [0.15, 0.2) is 48.5 Å². The van der Waals surface area contributed by atoms with Gasteiger partial charge in [0.25, 0.3) is 0 Å². The molecule has 6 atom stereocenters. The highest BCUT2D eigenvalue weighted by atomic mass is 32.2. The lowest BCUT2D eigenvalue weighted by atomic mass is 9.59. The van der Waals surface area contributed by atoms with Crippen LogP contribution >= 0.6 is 0 Å². The van der Waals surface area contributed by atoms with Crippen LogP contribution in [0.5, 0.6) is 0 Å². The molecule has 6 bridgehead atoms. The SMILES string of the molecule is CC1(C)[C@@H]2CC[C@@]1(CS(=O)(=O)N[C@@H]1C3c4ccccc4C(c4ccccc43)[C@H]1NS(=O)(=O)C[C@]13CC[C@H](CC1=O)C3(C)C)C(=O)C2. The zero-order chi connectivity index (χ0) is 32.7. The number of hydrogen-bond acceptors (Lipinski definition) is 6. The Kier molecular flexibility index (Phi) is 6.45. The van der Waals surface area contributed by atoms with Gasteiger partial charge in [-0.25, -0.2) is 26.3 Å². The standard InChI is InChI=1S/C36H44N2O6S2/c1-33(2)21-13-15-35(33,27(39)17-21)19-45(41,42)37-31-29-23-9-5-7-11-25(23)30(26-12-8-6-10-24(26)29)32(31)38-46(43,44)20-36-16-14-22(18-28(36)40)34(36,3)4/h5-12,21-22,29-32,37-38H,13-20H2,1-4H3/t21-,22-,29?,30?,31-,32-,35-,36-/m1/s1. The molecule has 0 saturated heterocycles. The van der Waals surface area contributed by atoms with Gasteiger partial charge < -0.3 is 0 Å². The van der Waals surface area contributed by atoms with E-state index in [1.54, 1.807) is 0 Å². The van der Waals surface area contributed by atoms with Crippen LogP contribution < -0.4 is 9.44 Å². The largest absolute Gasteiger partial charge is 0.299 e. The van der Waals surface area contributed by atoms with Crippen molar-refractivity contribution in [2.24, 2.45) is 33.5 Å². The summed E-state index contributed by atoms with van der Waals surface area (Å²) >= 11 is 0. The van der Waals surface area contributed by atoms with Gasteiger partial charge in [0, 0.05) is 47.6 Å². The quantitative estimate of drug-likeness (QED) is 0.424. The number of carbonyl (C=O) groups excluding carboxylic acids is 2. The molecule has 0 radical (unpaired) electrons. The Morgan fingerprint density at radius 2 is 0.935 bits per heavy atom. The topological polar surface area (TPSA) is 126 Å². The molecule has 0 amide bonds. The summed E-state index contributed by atoms with van der Waals surface area (Å²) in [5.41, 5.74) is 1.17. The molecule has 246 valence electrons. The van der Waals surface area contributed by atoms with Gasteiger partial charge in [-0.3, -0.25) is 9.59 Å². The van der Waals surface area contributed by atoms with Crippen LogP contribution in [-0.2, 0) is 29.6 Å². The molecule has 8 nitrogen and oxygen atoms in total. The number of carbonyl (C=O) groups is 2. The molecule has 0 aromatic heterocycles. The van der Waals surface area contributed by atoms with Crippen molar-refractivity contribution in [3.05, 3.63) is 70.8 Å². The first-order chi connectivity index (χ1) is 21.5. The van der Waals surface area contributed by atoms with E-state index in [0.29, 0.717) is 25.7 Å². The summed E-state index contributed by atoms with van der Waals surface area (Å²) in [6.45, 7) is 8.09. The maximum atomic E-state index is 14.3. The average molecular weight is 665 g/mol. The Balaban J connectivity index is 1.20. The number of rotatable bonds is 8. The van der Waals surface area contributed by atoms with Crippen molar-refractivity contribution in [2.45, 2.75) is 90.1 Å². The van der Waals surface area contributed by atoms with E-state index in [0.717, 1.165) is 35.1 Å². The van der Waals surface area contributed by atoms with Crippen LogP contribution in [-0.4, -0.2) is 52.0 Å². The highest BCUT2D eigenvalue weighted by Crippen LogP contribution is 2.65. The third kappa shape index (κ3) is 3.96. The van der Waals surface area contributed by atoms with E-state index in [9.17, 15) is 26.4 Å². The number of ketones is 2. The summed E-state index contributed by atoms with van der Waals surface area (Å²) in [5.74, 6) is -1.06. The molecule has 7 aliphatic carbocycles. The maximum absolute atomic E-state index is 14.3. The Morgan fingerprint density at radius 1 is 0.609 bits per heavy atom. The van der Waals surface area contributed by atoms with E-state index >= 15 is 0 Å². The first kappa shape index (κ1) is 30.9. The number of Topliss-reactive ketones (excluding diaryl/α,β-unsaturated/α-hetero) is 2. The predicted molar refractivity (Wildman–Crippen MR) is 175 cm³/mol. The summed E-state index contributed by atoms with van der Waals surface area (Å²) in [6, 6.07) is 14.2. The zero-order valence-electron chi connectivity index (χ0n) is 27.0. The van der Waals surface area contributed by atoms with Gasteiger partial charge in [0.05, 0.1) is 11.5 Å². The fraction of sp³-hybridized carbons (Fsp3) is 0.611. The molecule has 9 rings (SSSR count). The second-order valence-electron chi connectivity index (χ2n) is 16.4. The first-order valence-corrected chi connectivity index (χ1v) is 20.1. The van der Waals surface area contributed by atoms with Gasteiger partial charge in [0.1, 0.15) is 11.6 Å². The average Bonchev–Trinajstić information content (AvgIpc) is 3.50. The van der Waals surface area contributed by atoms with Crippen LogP contribution in [0.4, 0.5) is 0 Å². The molecular formula is C36H44N2O6S2. The van der Waals surface area contributed by atoms with Crippen LogP contribution in [0.3, 0.4) is 0 Å². The van der Waals surface area contributed by atoms with Gasteiger partial charge in [-0.1, -0.05) is 76.2 Å². The molecule has 0 unspecified atom stereocenters. The third-order valence-electron chi connectivity index (χ3n) is 14.2. The minimum Gasteiger partial charge on any atom is -0.299 e. The highest BCUT2D eigenvalue weighted by molar-refractivity contribution is 7.90. The zero-order valence-corrected chi connectivity index (χ0v) is 28.6. The lowest BCUT2D eigenvalue weighted by Crippen LogP contribution is -2.63. The van der Waals surface area contributed by atoms with Crippen LogP contribution in [0.25, 0.3) is 0 Å². The second kappa shape index (κ2) is 9.61. The number of hydrogen-bond donors (Lipinski definition) is 2. The molecule has 2 aromatic rings. The summed E-state index contributed by atoms with van der Waals surface area (Å²) in [5, 5.41) is 0. The molecule has 2 aromatic carbocycles. The van der Waals surface area contributed by atoms with E-state index in [2.05, 4.69) is 9.44 Å². The normalized spacial score (nSPS) is 37.9. The first-order valence-electron chi connectivity index (χ1n) is 16.8. The van der Waals surface area contributed by atoms with Crippen molar-refractivity contribution in [3.8, 4) is 0 Å². The van der Waals surface area contributed by atoms with Crippen molar-refractivity contribution in [3.63, 3.8) is 0 Å². The van der Waals surface area contributed by atoms with Gasteiger partial charge in [-0.05, 0) is 70.6 Å². The lowest BCUT2D eigenvalue weighted by Gasteiger charge is -2.51. The molecule has 2 N–H and O–H groups in total. The fourth-order valence-electron chi connectivity index (χ4n) is 11.3. The van der Waals surface area contributed by atoms with E-state index in [1.165, 1.54) is 0 Å². The molecule has 10 heteroatoms. The van der Waals surface area contributed by atoms with Gasteiger partial charge in [0.2, 0.25) is 20.0 Å². The van der Waals surface area contributed by atoms with Crippen molar-refractivity contribution in [2.75, 3.05) is 11.5 Å². The Bertz CT molecular complexity index is 1720. The molecule has 7 aliphatic rings. The Morgan fingerprint density at radius 3 is 1.20 bits per heavy atom. The maximum Gasteiger partial charge on any atom is 0.212 e. The monoisotopic (exact) mass is 664 g/mol. The number of benzene rings is 2.